The van der Waals surface area contributed by atoms with Crippen molar-refractivity contribution in [2.24, 2.45) is 0 Å². The van der Waals surface area contributed by atoms with E-state index in [1.165, 1.54) is 17.8 Å². The largest absolute Gasteiger partial charge is 0.372 e. The number of nitrogens with zero attached hydrogens (tertiary/aromatic N) is 4. The minimum absolute atomic E-state index is 0.0301. The SMILES string of the molecule is Cc1ccc(-n2cnnc2SCC(=O)Nc2ccc(N3CC(C)OC(C)C3)c(F)c2)cc1Cl. The van der Waals surface area contributed by atoms with Gasteiger partial charge in [-0.15, -0.1) is 10.2 Å². The van der Waals surface area contributed by atoms with Crippen LogP contribution in [-0.2, 0) is 9.53 Å². The van der Waals surface area contributed by atoms with Gasteiger partial charge in [-0.1, -0.05) is 29.4 Å². The minimum Gasteiger partial charge on any atom is -0.372 e. The molecule has 0 saturated carbocycles. The molecule has 10 heteroatoms. The van der Waals surface area contributed by atoms with E-state index >= 15 is 0 Å². The van der Waals surface area contributed by atoms with Crippen molar-refractivity contribution in [2.75, 3.05) is 29.1 Å². The Balaban J connectivity index is 1.38. The van der Waals surface area contributed by atoms with Gasteiger partial charge in [0.2, 0.25) is 5.91 Å². The molecular weight excluding hydrogens is 465 g/mol. The van der Waals surface area contributed by atoms with Crippen LogP contribution >= 0.6 is 23.4 Å². The third-order valence-electron chi connectivity index (χ3n) is 5.27. The second-order valence-corrected chi connectivity index (χ2v) is 9.43. The van der Waals surface area contributed by atoms with Gasteiger partial charge in [0.25, 0.3) is 0 Å². The summed E-state index contributed by atoms with van der Waals surface area (Å²) in [5.74, 6) is -0.546. The molecule has 0 aliphatic carbocycles. The van der Waals surface area contributed by atoms with Crippen LogP contribution in [0.4, 0.5) is 15.8 Å². The number of halogens is 2. The van der Waals surface area contributed by atoms with Crippen LogP contribution in [0, 0.1) is 12.7 Å². The molecule has 33 heavy (non-hydrogen) atoms. The van der Waals surface area contributed by atoms with Gasteiger partial charge < -0.3 is 15.0 Å². The molecule has 1 aliphatic heterocycles. The molecule has 0 radical (unpaired) electrons. The Morgan fingerprint density at radius 2 is 2.00 bits per heavy atom. The predicted octanol–water partition coefficient (Wildman–Crippen LogP) is 4.71. The Morgan fingerprint density at radius 3 is 2.70 bits per heavy atom. The fraction of sp³-hybridized carbons (Fsp3) is 0.348. The van der Waals surface area contributed by atoms with Crippen LogP contribution < -0.4 is 10.2 Å². The van der Waals surface area contributed by atoms with E-state index in [9.17, 15) is 9.18 Å². The topological polar surface area (TPSA) is 72.3 Å². The monoisotopic (exact) mass is 489 g/mol. The van der Waals surface area contributed by atoms with Crippen molar-refractivity contribution >= 4 is 40.6 Å². The first-order valence-electron chi connectivity index (χ1n) is 10.6. The summed E-state index contributed by atoms with van der Waals surface area (Å²) in [6.45, 7) is 7.12. The normalized spacial score (nSPS) is 18.4. The van der Waals surface area contributed by atoms with Gasteiger partial charge in [-0.25, -0.2) is 4.39 Å². The highest BCUT2D eigenvalue weighted by atomic mass is 35.5. The Kier molecular flexibility index (Phi) is 7.21. The second kappa shape index (κ2) is 10.1. The molecule has 7 nitrogen and oxygen atoms in total. The summed E-state index contributed by atoms with van der Waals surface area (Å²) >= 11 is 7.46. The van der Waals surface area contributed by atoms with Gasteiger partial charge in [0.1, 0.15) is 12.1 Å². The quantitative estimate of drug-likeness (QED) is 0.505. The fourth-order valence-electron chi connectivity index (χ4n) is 3.77. The van der Waals surface area contributed by atoms with Crippen LogP contribution in [0.25, 0.3) is 5.69 Å². The van der Waals surface area contributed by atoms with Gasteiger partial charge >= 0.3 is 0 Å². The van der Waals surface area contributed by atoms with E-state index in [-0.39, 0.29) is 29.7 Å². The predicted molar refractivity (Wildman–Crippen MR) is 129 cm³/mol. The lowest BCUT2D eigenvalue weighted by atomic mass is 10.2. The summed E-state index contributed by atoms with van der Waals surface area (Å²) in [5.41, 5.74) is 2.69. The number of carbonyl (C=O) groups is 1. The van der Waals surface area contributed by atoms with Crippen molar-refractivity contribution in [3.63, 3.8) is 0 Å². The molecule has 1 amide bonds. The molecule has 3 aromatic rings. The van der Waals surface area contributed by atoms with Crippen molar-refractivity contribution in [1.82, 2.24) is 14.8 Å². The van der Waals surface area contributed by atoms with Crippen molar-refractivity contribution in [2.45, 2.75) is 38.1 Å². The zero-order chi connectivity index (χ0) is 23.5. The number of aryl methyl sites for hydroxylation is 1. The highest BCUT2D eigenvalue weighted by Crippen LogP contribution is 2.27. The number of ether oxygens (including phenoxy) is 1. The Hall–Kier alpha value is -2.62. The van der Waals surface area contributed by atoms with Gasteiger partial charge in [0.15, 0.2) is 5.16 Å². The number of hydrogen-bond acceptors (Lipinski definition) is 6. The molecule has 174 valence electrons. The van der Waals surface area contributed by atoms with E-state index in [1.54, 1.807) is 23.0 Å². The molecule has 4 rings (SSSR count). The molecule has 1 saturated heterocycles. The summed E-state index contributed by atoms with van der Waals surface area (Å²) in [7, 11) is 0. The lowest BCUT2D eigenvalue weighted by Gasteiger charge is -2.37. The van der Waals surface area contributed by atoms with Gasteiger partial charge in [-0.2, -0.15) is 0 Å². The number of anilines is 2. The van der Waals surface area contributed by atoms with E-state index in [0.29, 0.717) is 34.6 Å². The molecule has 1 aromatic heterocycles. The van der Waals surface area contributed by atoms with Crippen molar-refractivity contribution < 1.29 is 13.9 Å². The summed E-state index contributed by atoms with van der Waals surface area (Å²) in [6, 6.07) is 10.4. The Bertz CT molecular complexity index is 1150. The van der Waals surface area contributed by atoms with E-state index in [2.05, 4.69) is 15.5 Å². The van der Waals surface area contributed by atoms with E-state index in [1.807, 2.05) is 43.9 Å². The number of thioether (sulfide) groups is 1. The molecule has 2 aromatic carbocycles. The lowest BCUT2D eigenvalue weighted by Crippen LogP contribution is -2.45. The third-order valence-corrected chi connectivity index (χ3v) is 6.62. The second-order valence-electron chi connectivity index (χ2n) is 8.08. The molecule has 0 bridgehead atoms. The molecular formula is C23H25ClFN5O2S. The summed E-state index contributed by atoms with van der Waals surface area (Å²) in [5, 5.41) is 12.0. The van der Waals surface area contributed by atoms with Crippen LogP contribution in [-0.4, -0.2) is 51.7 Å². The number of nitrogens with one attached hydrogen (secondary N) is 1. The Morgan fingerprint density at radius 1 is 1.24 bits per heavy atom. The standard InChI is InChI=1S/C23H25ClFN5O2S/c1-14-4-6-18(9-19(14)24)30-13-26-28-23(30)33-12-22(31)27-17-5-7-21(20(25)8-17)29-10-15(2)32-16(3)11-29/h4-9,13,15-16H,10-12H2,1-3H3,(H,27,31). The molecule has 1 aliphatic rings. The summed E-state index contributed by atoms with van der Waals surface area (Å²) in [4.78, 5) is 14.5. The first-order chi connectivity index (χ1) is 15.8. The number of hydrogen-bond donors (Lipinski definition) is 1. The molecule has 1 N–H and O–H groups in total. The van der Waals surface area contributed by atoms with Crippen molar-refractivity contribution in [3.8, 4) is 5.69 Å². The van der Waals surface area contributed by atoms with Crippen molar-refractivity contribution in [1.29, 1.82) is 0 Å². The van der Waals surface area contributed by atoms with Crippen LogP contribution in [0.2, 0.25) is 5.02 Å². The van der Waals surface area contributed by atoms with Crippen LogP contribution in [0.3, 0.4) is 0 Å². The molecule has 0 spiro atoms. The average Bonchev–Trinajstić information content (AvgIpc) is 3.22. The highest BCUT2D eigenvalue weighted by Gasteiger charge is 2.24. The fourth-order valence-corrected chi connectivity index (χ4v) is 4.68. The van der Waals surface area contributed by atoms with E-state index in [4.69, 9.17) is 16.3 Å². The third kappa shape index (κ3) is 5.66. The molecule has 2 unspecified atom stereocenters. The number of aromatic nitrogens is 3. The van der Waals surface area contributed by atoms with Gasteiger partial charge in [0, 0.05) is 23.8 Å². The minimum atomic E-state index is -0.377. The van der Waals surface area contributed by atoms with Crippen LogP contribution in [0.1, 0.15) is 19.4 Å². The molecule has 1 fully saturated rings. The van der Waals surface area contributed by atoms with Crippen molar-refractivity contribution in [3.05, 3.63) is 59.1 Å². The zero-order valence-electron chi connectivity index (χ0n) is 18.6. The summed E-state index contributed by atoms with van der Waals surface area (Å²) in [6.07, 6.45) is 1.63. The maximum absolute atomic E-state index is 14.8. The molecule has 2 atom stereocenters. The van der Waals surface area contributed by atoms with Crippen LogP contribution in [0.5, 0.6) is 0 Å². The molecule has 2 heterocycles. The van der Waals surface area contributed by atoms with E-state index in [0.717, 1.165) is 11.3 Å². The number of amides is 1. The van der Waals surface area contributed by atoms with Gasteiger partial charge in [-0.3, -0.25) is 9.36 Å². The maximum atomic E-state index is 14.8. The number of benzene rings is 2. The lowest BCUT2D eigenvalue weighted by molar-refractivity contribution is -0.113. The summed E-state index contributed by atoms with van der Waals surface area (Å²) < 4.78 is 22.3. The Labute approximate surface area is 201 Å². The average molecular weight is 490 g/mol. The highest BCUT2D eigenvalue weighted by molar-refractivity contribution is 7.99. The van der Waals surface area contributed by atoms with E-state index < -0.39 is 0 Å². The van der Waals surface area contributed by atoms with Gasteiger partial charge in [-0.05, 0) is 56.7 Å². The first kappa shape index (κ1) is 23.5. The number of morpholine rings is 1. The number of carbonyl (C=O) groups excluding carboxylic acids is 1. The zero-order valence-corrected chi connectivity index (χ0v) is 20.2. The van der Waals surface area contributed by atoms with Crippen LogP contribution in [0.15, 0.2) is 47.9 Å². The van der Waals surface area contributed by atoms with Gasteiger partial charge in [0.05, 0.1) is 29.3 Å². The first-order valence-corrected chi connectivity index (χ1v) is 12.0. The maximum Gasteiger partial charge on any atom is 0.234 e. The number of rotatable bonds is 6. The smallest absolute Gasteiger partial charge is 0.234 e.